The Kier molecular flexibility index (Phi) is 3.85. The van der Waals surface area contributed by atoms with Crippen molar-refractivity contribution in [3.63, 3.8) is 0 Å². The summed E-state index contributed by atoms with van der Waals surface area (Å²) in [6.07, 6.45) is 0.778. The van der Waals surface area contributed by atoms with Crippen LogP contribution in [0.5, 0.6) is 11.5 Å². The van der Waals surface area contributed by atoms with Crippen LogP contribution in [-0.2, 0) is 13.7 Å². The largest absolute Gasteiger partial charge is 0.493 e. The summed E-state index contributed by atoms with van der Waals surface area (Å²) in [4.78, 5) is 10.8. The fourth-order valence-electron chi connectivity index (χ4n) is 1.83. The van der Waals surface area contributed by atoms with Crippen LogP contribution < -0.4 is 9.47 Å². The monoisotopic (exact) mass is 260 g/mol. The molecule has 0 bridgehead atoms. The number of rotatable bonds is 5. The van der Waals surface area contributed by atoms with E-state index in [4.69, 9.17) is 9.47 Å². The second-order valence-electron chi connectivity index (χ2n) is 4.22. The number of nitrogens with zero attached hydrogens (tertiary/aromatic N) is 2. The van der Waals surface area contributed by atoms with Crippen LogP contribution in [0.1, 0.15) is 21.7 Å². The van der Waals surface area contributed by atoms with Gasteiger partial charge in [-0.3, -0.25) is 9.48 Å². The van der Waals surface area contributed by atoms with Crippen molar-refractivity contribution in [3.8, 4) is 11.5 Å². The van der Waals surface area contributed by atoms with E-state index in [9.17, 15) is 4.79 Å². The molecule has 0 atom stereocenters. The lowest BCUT2D eigenvalue weighted by atomic mass is 10.2. The molecule has 1 aromatic carbocycles. The Morgan fingerprint density at radius 3 is 2.68 bits per heavy atom. The third kappa shape index (κ3) is 2.93. The summed E-state index contributed by atoms with van der Waals surface area (Å²) < 4.78 is 12.7. The van der Waals surface area contributed by atoms with Gasteiger partial charge >= 0.3 is 0 Å². The minimum absolute atomic E-state index is 0.371. The number of methoxy groups -OCH3 is 1. The highest BCUT2D eigenvalue weighted by molar-refractivity contribution is 5.76. The molecule has 5 heteroatoms. The molecule has 0 spiro atoms. The summed E-state index contributed by atoms with van der Waals surface area (Å²) in [5, 5.41) is 4.25. The topological polar surface area (TPSA) is 53.4 Å². The Hall–Kier alpha value is -2.30. The summed E-state index contributed by atoms with van der Waals surface area (Å²) in [6.45, 7) is 2.30. The molecule has 0 radical (unpaired) electrons. The lowest BCUT2D eigenvalue weighted by Gasteiger charge is -2.11. The SMILES string of the molecule is COc1ccc(C=O)cc1OCc1cc(C)nn1C. The van der Waals surface area contributed by atoms with Gasteiger partial charge in [-0.2, -0.15) is 5.10 Å². The predicted octanol–water partition coefficient (Wildman–Crippen LogP) is 2.13. The van der Waals surface area contributed by atoms with Crippen molar-refractivity contribution in [2.75, 3.05) is 7.11 Å². The smallest absolute Gasteiger partial charge is 0.162 e. The quantitative estimate of drug-likeness (QED) is 0.773. The van der Waals surface area contributed by atoms with Crippen molar-refractivity contribution >= 4 is 6.29 Å². The molecule has 0 aliphatic rings. The van der Waals surface area contributed by atoms with Gasteiger partial charge in [-0.15, -0.1) is 0 Å². The molecule has 0 aliphatic heterocycles. The second-order valence-corrected chi connectivity index (χ2v) is 4.22. The van der Waals surface area contributed by atoms with Crippen LogP contribution in [0.15, 0.2) is 24.3 Å². The summed E-state index contributed by atoms with van der Waals surface area (Å²) >= 11 is 0. The number of hydrogen-bond donors (Lipinski definition) is 0. The Balaban J connectivity index is 2.18. The van der Waals surface area contributed by atoms with Gasteiger partial charge < -0.3 is 9.47 Å². The minimum Gasteiger partial charge on any atom is -0.493 e. The molecule has 5 nitrogen and oxygen atoms in total. The molecule has 0 amide bonds. The summed E-state index contributed by atoms with van der Waals surface area (Å²) in [5.74, 6) is 1.15. The van der Waals surface area contributed by atoms with Crippen molar-refractivity contribution in [1.82, 2.24) is 9.78 Å². The Morgan fingerprint density at radius 1 is 1.32 bits per heavy atom. The van der Waals surface area contributed by atoms with Gasteiger partial charge in [-0.25, -0.2) is 0 Å². The third-order valence-electron chi connectivity index (χ3n) is 2.80. The first-order chi connectivity index (χ1) is 9.13. The molecule has 0 fully saturated rings. The molecule has 2 aromatic rings. The maximum Gasteiger partial charge on any atom is 0.162 e. The van der Waals surface area contributed by atoms with E-state index in [1.807, 2.05) is 20.0 Å². The van der Waals surface area contributed by atoms with E-state index in [0.717, 1.165) is 17.7 Å². The zero-order chi connectivity index (χ0) is 13.8. The maximum absolute atomic E-state index is 10.8. The highest BCUT2D eigenvalue weighted by Gasteiger charge is 2.08. The number of carbonyl (C=O) groups is 1. The molecular formula is C14H16N2O3. The van der Waals surface area contributed by atoms with Crippen molar-refractivity contribution in [2.45, 2.75) is 13.5 Å². The first-order valence-electron chi connectivity index (χ1n) is 5.89. The summed E-state index contributed by atoms with van der Waals surface area (Å²) in [7, 11) is 3.43. The average molecular weight is 260 g/mol. The van der Waals surface area contributed by atoms with Gasteiger partial charge in [-0.1, -0.05) is 0 Å². The zero-order valence-corrected chi connectivity index (χ0v) is 11.2. The van der Waals surface area contributed by atoms with Gasteiger partial charge in [0, 0.05) is 12.6 Å². The van der Waals surface area contributed by atoms with Crippen LogP contribution >= 0.6 is 0 Å². The number of carbonyl (C=O) groups excluding carboxylic acids is 1. The van der Waals surface area contributed by atoms with Crippen LogP contribution in [0.25, 0.3) is 0 Å². The minimum atomic E-state index is 0.371. The van der Waals surface area contributed by atoms with Crippen LogP contribution in [0.2, 0.25) is 0 Å². The van der Waals surface area contributed by atoms with Crippen molar-refractivity contribution in [3.05, 3.63) is 41.2 Å². The molecular weight excluding hydrogens is 244 g/mol. The fraction of sp³-hybridized carbons (Fsp3) is 0.286. The first kappa shape index (κ1) is 13.1. The number of aldehydes is 1. The number of ether oxygens (including phenoxy) is 2. The molecule has 100 valence electrons. The lowest BCUT2D eigenvalue weighted by molar-refractivity contribution is 0.112. The molecule has 0 saturated carbocycles. The normalized spacial score (nSPS) is 10.3. The molecule has 0 N–H and O–H groups in total. The highest BCUT2D eigenvalue weighted by Crippen LogP contribution is 2.28. The molecule has 0 aliphatic carbocycles. The molecule has 1 aromatic heterocycles. The number of aromatic nitrogens is 2. The van der Waals surface area contributed by atoms with Crippen LogP contribution in [-0.4, -0.2) is 23.2 Å². The van der Waals surface area contributed by atoms with E-state index in [2.05, 4.69) is 5.10 Å². The molecule has 1 heterocycles. The third-order valence-corrected chi connectivity index (χ3v) is 2.80. The summed E-state index contributed by atoms with van der Waals surface area (Å²) in [6, 6.07) is 7.02. The van der Waals surface area contributed by atoms with E-state index in [1.54, 1.807) is 30.0 Å². The molecule has 2 rings (SSSR count). The fourth-order valence-corrected chi connectivity index (χ4v) is 1.83. The van der Waals surface area contributed by atoms with E-state index in [0.29, 0.717) is 23.7 Å². The van der Waals surface area contributed by atoms with Gasteiger partial charge in [0.15, 0.2) is 11.5 Å². The number of hydrogen-bond acceptors (Lipinski definition) is 4. The van der Waals surface area contributed by atoms with Crippen LogP contribution in [0.3, 0.4) is 0 Å². The van der Waals surface area contributed by atoms with Crippen LogP contribution in [0.4, 0.5) is 0 Å². The number of benzene rings is 1. The zero-order valence-electron chi connectivity index (χ0n) is 11.2. The Labute approximate surface area is 111 Å². The molecule has 0 saturated heterocycles. The van der Waals surface area contributed by atoms with E-state index < -0.39 is 0 Å². The molecule has 19 heavy (non-hydrogen) atoms. The van der Waals surface area contributed by atoms with Crippen LogP contribution in [0, 0.1) is 6.92 Å². The second kappa shape index (κ2) is 5.56. The van der Waals surface area contributed by atoms with E-state index in [1.165, 1.54) is 0 Å². The standard InChI is InChI=1S/C14H16N2O3/c1-10-6-12(16(2)15-10)9-19-14-7-11(8-17)4-5-13(14)18-3/h4-8H,9H2,1-3H3. The highest BCUT2D eigenvalue weighted by atomic mass is 16.5. The maximum atomic E-state index is 10.8. The first-order valence-corrected chi connectivity index (χ1v) is 5.89. The van der Waals surface area contributed by atoms with E-state index >= 15 is 0 Å². The van der Waals surface area contributed by atoms with Gasteiger partial charge in [0.2, 0.25) is 0 Å². The molecule has 0 unspecified atom stereocenters. The predicted molar refractivity (Wildman–Crippen MR) is 70.7 cm³/mol. The average Bonchev–Trinajstić information content (AvgIpc) is 2.74. The van der Waals surface area contributed by atoms with Crippen molar-refractivity contribution < 1.29 is 14.3 Å². The van der Waals surface area contributed by atoms with Gasteiger partial charge in [0.1, 0.15) is 12.9 Å². The van der Waals surface area contributed by atoms with E-state index in [-0.39, 0.29) is 0 Å². The number of aryl methyl sites for hydroxylation is 2. The van der Waals surface area contributed by atoms with Gasteiger partial charge in [0.25, 0.3) is 0 Å². The van der Waals surface area contributed by atoms with Crippen molar-refractivity contribution in [1.29, 1.82) is 0 Å². The summed E-state index contributed by atoms with van der Waals surface area (Å²) in [5.41, 5.74) is 2.45. The Morgan fingerprint density at radius 2 is 2.11 bits per heavy atom. The van der Waals surface area contributed by atoms with Gasteiger partial charge in [0.05, 0.1) is 18.5 Å². The Bertz CT molecular complexity index is 590. The van der Waals surface area contributed by atoms with Gasteiger partial charge in [-0.05, 0) is 31.2 Å². The van der Waals surface area contributed by atoms with Crippen molar-refractivity contribution in [2.24, 2.45) is 7.05 Å². The lowest BCUT2D eigenvalue weighted by Crippen LogP contribution is -2.04.